The van der Waals surface area contributed by atoms with E-state index in [4.69, 9.17) is 5.73 Å². The molecule has 2 aromatic carbocycles. The van der Waals surface area contributed by atoms with Crippen molar-refractivity contribution in [3.8, 4) is 10.6 Å². The molecule has 32 heavy (non-hydrogen) atoms. The Labute approximate surface area is 188 Å². The lowest BCUT2D eigenvalue weighted by Crippen LogP contribution is -2.13. The van der Waals surface area contributed by atoms with E-state index in [1.165, 1.54) is 0 Å². The molecule has 8 heteroatoms. The number of nitrogens with zero attached hydrogens (tertiary/aromatic N) is 3. The molecule has 3 aromatic heterocycles. The summed E-state index contributed by atoms with van der Waals surface area (Å²) < 4.78 is 2.05. The Bertz CT molecular complexity index is 1420. The minimum atomic E-state index is -0.213. The van der Waals surface area contributed by atoms with Gasteiger partial charge in [-0.25, -0.2) is 9.97 Å². The van der Waals surface area contributed by atoms with E-state index < -0.39 is 0 Å². The standard InChI is InChI=1S/C24H20N6OS/c1-15-22(20-14-26-21-8-4-5-13-30(20)21)32-24(27-15)28-17-11-9-16(10-12-17)23(31)29-19-7-3-2-6-18(19)25/h2-14H,25H2,1H3,(H,27,28)(H,29,31). The summed E-state index contributed by atoms with van der Waals surface area (Å²) in [5, 5.41) is 6.94. The minimum absolute atomic E-state index is 0.213. The largest absolute Gasteiger partial charge is 0.397 e. The van der Waals surface area contributed by atoms with Gasteiger partial charge < -0.3 is 16.4 Å². The molecule has 7 nitrogen and oxygen atoms in total. The van der Waals surface area contributed by atoms with Crippen LogP contribution in [0.2, 0.25) is 0 Å². The van der Waals surface area contributed by atoms with E-state index in [-0.39, 0.29) is 5.91 Å². The van der Waals surface area contributed by atoms with Gasteiger partial charge in [0.15, 0.2) is 5.13 Å². The van der Waals surface area contributed by atoms with Gasteiger partial charge in [-0.15, -0.1) is 0 Å². The van der Waals surface area contributed by atoms with Gasteiger partial charge in [-0.3, -0.25) is 9.20 Å². The van der Waals surface area contributed by atoms with Crippen molar-refractivity contribution < 1.29 is 4.79 Å². The topological polar surface area (TPSA) is 97.3 Å². The molecule has 0 atom stereocenters. The number of nitrogen functional groups attached to an aromatic ring is 1. The third-order valence-corrected chi connectivity index (χ3v) is 6.15. The molecule has 0 spiro atoms. The van der Waals surface area contributed by atoms with Crippen LogP contribution in [0.3, 0.4) is 0 Å². The van der Waals surface area contributed by atoms with Gasteiger partial charge in [0, 0.05) is 17.4 Å². The van der Waals surface area contributed by atoms with E-state index in [0.717, 1.165) is 32.7 Å². The van der Waals surface area contributed by atoms with Crippen LogP contribution in [0.25, 0.3) is 16.2 Å². The molecular weight excluding hydrogens is 420 g/mol. The second-order valence-electron chi connectivity index (χ2n) is 7.25. The van der Waals surface area contributed by atoms with E-state index in [1.807, 2.05) is 61.8 Å². The number of thiazole rings is 1. The number of hydrogen-bond acceptors (Lipinski definition) is 6. The number of aromatic nitrogens is 3. The number of hydrogen-bond donors (Lipinski definition) is 3. The average Bonchev–Trinajstić information content (AvgIpc) is 3.38. The Morgan fingerprint density at radius 2 is 1.81 bits per heavy atom. The number of pyridine rings is 1. The van der Waals surface area contributed by atoms with E-state index in [1.54, 1.807) is 35.6 Å². The fraction of sp³-hybridized carbons (Fsp3) is 0.0417. The molecule has 0 bridgehead atoms. The quantitative estimate of drug-likeness (QED) is 0.320. The zero-order valence-electron chi connectivity index (χ0n) is 17.2. The fourth-order valence-corrected chi connectivity index (χ4v) is 4.42. The molecule has 5 aromatic rings. The minimum Gasteiger partial charge on any atom is -0.397 e. The number of rotatable bonds is 5. The van der Waals surface area contributed by atoms with Gasteiger partial charge in [0.1, 0.15) is 5.65 Å². The fourth-order valence-electron chi connectivity index (χ4n) is 3.42. The summed E-state index contributed by atoms with van der Waals surface area (Å²) >= 11 is 1.56. The summed E-state index contributed by atoms with van der Waals surface area (Å²) in [6.45, 7) is 1.99. The number of aryl methyl sites for hydroxylation is 1. The van der Waals surface area contributed by atoms with Crippen LogP contribution in [-0.4, -0.2) is 20.3 Å². The Balaban J connectivity index is 1.32. The summed E-state index contributed by atoms with van der Waals surface area (Å²) in [7, 11) is 0. The second-order valence-corrected chi connectivity index (χ2v) is 8.25. The van der Waals surface area contributed by atoms with E-state index in [0.29, 0.717) is 16.9 Å². The number of benzene rings is 2. The third kappa shape index (κ3) is 3.79. The highest BCUT2D eigenvalue weighted by Gasteiger charge is 2.14. The van der Waals surface area contributed by atoms with Crippen molar-refractivity contribution in [3.63, 3.8) is 0 Å². The molecule has 0 unspecified atom stereocenters. The predicted octanol–water partition coefficient (Wildman–Crippen LogP) is 5.34. The van der Waals surface area contributed by atoms with Gasteiger partial charge in [0.25, 0.3) is 5.91 Å². The highest BCUT2D eigenvalue weighted by molar-refractivity contribution is 7.19. The molecule has 158 valence electrons. The summed E-state index contributed by atoms with van der Waals surface area (Å²) in [5.41, 5.74) is 11.3. The van der Waals surface area contributed by atoms with Crippen LogP contribution in [0.5, 0.6) is 0 Å². The summed E-state index contributed by atoms with van der Waals surface area (Å²) in [4.78, 5) is 22.7. The Morgan fingerprint density at radius 1 is 1.03 bits per heavy atom. The number of carbonyl (C=O) groups is 1. The van der Waals surface area contributed by atoms with Crippen molar-refractivity contribution in [1.82, 2.24) is 14.4 Å². The van der Waals surface area contributed by atoms with Crippen LogP contribution >= 0.6 is 11.3 Å². The Kier molecular flexibility index (Phi) is 5.04. The van der Waals surface area contributed by atoms with Gasteiger partial charge in [0.2, 0.25) is 0 Å². The first-order chi connectivity index (χ1) is 15.6. The first-order valence-corrected chi connectivity index (χ1v) is 10.8. The zero-order chi connectivity index (χ0) is 22.1. The average molecular weight is 441 g/mol. The number of nitrogens with one attached hydrogen (secondary N) is 2. The molecule has 0 saturated heterocycles. The first kappa shape index (κ1) is 19.8. The molecule has 5 rings (SSSR count). The third-order valence-electron chi connectivity index (χ3n) is 5.05. The lowest BCUT2D eigenvalue weighted by molar-refractivity contribution is 0.102. The Morgan fingerprint density at radius 3 is 2.62 bits per heavy atom. The van der Waals surface area contributed by atoms with Crippen LogP contribution in [0.4, 0.5) is 22.2 Å². The molecular formula is C24H20N6OS. The highest BCUT2D eigenvalue weighted by atomic mass is 32.1. The lowest BCUT2D eigenvalue weighted by atomic mass is 10.2. The van der Waals surface area contributed by atoms with Crippen molar-refractivity contribution in [3.05, 3.63) is 90.4 Å². The molecule has 0 radical (unpaired) electrons. The highest BCUT2D eigenvalue weighted by Crippen LogP contribution is 2.34. The van der Waals surface area contributed by atoms with Gasteiger partial charge in [-0.2, -0.15) is 0 Å². The van der Waals surface area contributed by atoms with Crippen LogP contribution in [0.1, 0.15) is 16.1 Å². The number of amides is 1. The molecule has 0 aliphatic carbocycles. The lowest BCUT2D eigenvalue weighted by Gasteiger charge is -2.08. The normalized spacial score (nSPS) is 10.9. The second kappa shape index (κ2) is 8.16. The van der Waals surface area contributed by atoms with E-state index >= 15 is 0 Å². The van der Waals surface area contributed by atoms with E-state index in [2.05, 4.69) is 25.0 Å². The number of para-hydroxylation sites is 2. The molecule has 0 fully saturated rings. The Hall–Kier alpha value is -4.17. The molecule has 0 saturated carbocycles. The van der Waals surface area contributed by atoms with Crippen molar-refractivity contribution in [2.24, 2.45) is 0 Å². The van der Waals surface area contributed by atoms with Gasteiger partial charge in [-0.1, -0.05) is 29.5 Å². The van der Waals surface area contributed by atoms with Crippen molar-refractivity contribution in [2.75, 3.05) is 16.4 Å². The van der Waals surface area contributed by atoms with Crippen molar-refractivity contribution >= 4 is 45.1 Å². The van der Waals surface area contributed by atoms with Crippen molar-refractivity contribution in [2.45, 2.75) is 6.92 Å². The van der Waals surface area contributed by atoms with Crippen LogP contribution in [-0.2, 0) is 0 Å². The molecule has 0 aliphatic heterocycles. The van der Waals surface area contributed by atoms with Gasteiger partial charge in [-0.05, 0) is 55.5 Å². The maximum absolute atomic E-state index is 12.5. The number of carbonyl (C=O) groups excluding carboxylic acids is 1. The molecule has 1 amide bonds. The van der Waals surface area contributed by atoms with Crippen molar-refractivity contribution in [1.29, 1.82) is 0 Å². The van der Waals surface area contributed by atoms with Gasteiger partial charge in [0.05, 0.1) is 33.8 Å². The monoisotopic (exact) mass is 440 g/mol. The van der Waals surface area contributed by atoms with Crippen LogP contribution in [0.15, 0.2) is 79.1 Å². The number of imidazole rings is 1. The number of fused-ring (bicyclic) bond motifs is 1. The predicted molar refractivity (Wildman–Crippen MR) is 130 cm³/mol. The summed E-state index contributed by atoms with van der Waals surface area (Å²) in [5.74, 6) is -0.213. The summed E-state index contributed by atoms with van der Waals surface area (Å²) in [6, 6.07) is 20.3. The zero-order valence-corrected chi connectivity index (χ0v) is 18.1. The van der Waals surface area contributed by atoms with Gasteiger partial charge >= 0.3 is 0 Å². The molecule has 0 aliphatic rings. The van der Waals surface area contributed by atoms with Crippen LogP contribution in [0, 0.1) is 6.92 Å². The van der Waals surface area contributed by atoms with Crippen LogP contribution < -0.4 is 16.4 Å². The first-order valence-electron chi connectivity index (χ1n) is 10.0. The van der Waals surface area contributed by atoms with E-state index in [9.17, 15) is 4.79 Å². The maximum Gasteiger partial charge on any atom is 0.255 e. The smallest absolute Gasteiger partial charge is 0.255 e. The SMILES string of the molecule is Cc1nc(Nc2ccc(C(=O)Nc3ccccc3N)cc2)sc1-c1cnc2ccccn12. The molecule has 4 N–H and O–H groups in total. The maximum atomic E-state index is 12.5. The number of nitrogens with two attached hydrogens (primary N) is 1. The molecule has 3 heterocycles. The number of anilines is 4. The summed E-state index contributed by atoms with van der Waals surface area (Å²) in [6.07, 6.45) is 3.86.